The van der Waals surface area contributed by atoms with Gasteiger partial charge in [-0.05, 0) is 38.5 Å². The summed E-state index contributed by atoms with van der Waals surface area (Å²) in [5.41, 5.74) is 0. The van der Waals surface area contributed by atoms with Gasteiger partial charge in [0, 0.05) is 17.9 Å². The molecule has 0 amide bonds. The van der Waals surface area contributed by atoms with E-state index in [2.05, 4.69) is 20.8 Å². The molecule has 0 saturated heterocycles. The summed E-state index contributed by atoms with van der Waals surface area (Å²) >= 11 is 0. The molecule has 0 fully saturated rings. The number of carboxylic acids is 3. The molecule has 43 heavy (non-hydrogen) atoms. The Morgan fingerprint density at radius 2 is 0.442 bits per heavy atom. The van der Waals surface area contributed by atoms with E-state index >= 15 is 0 Å². The van der Waals surface area contributed by atoms with Crippen molar-refractivity contribution in [1.29, 1.82) is 0 Å². The van der Waals surface area contributed by atoms with E-state index in [1.165, 1.54) is 135 Å². The van der Waals surface area contributed by atoms with Crippen molar-refractivity contribution in [2.75, 3.05) is 0 Å². The van der Waals surface area contributed by atoms with Crippen LogP contribution in [0, 0.1) is 0 Å². The quantitative estimate of drug-likeness (QED) is 0.0707. The van der Waals surface area contributed by atoms with Gasteiger partial charge in [0.2, 0.25) is 0 Å². The van der Waals surface area contributed by atoms with Gasteiger partial charge in [-0.1, -0.05) is 175 Å². The monoisotopic (exact) mass is 686 g/mol. The third-order valence-electron chi connectivity index (χ3n) is 7.45. The van der Waals surface area contributed by atoms with Crippen molar-refractivity contribution in [3.05, 3.63) is 0 Å². The number of hydrogen-bond donors (Lipinski definition) is 0. The Morgan fingerprint density at radius 3 is 0.581 bits per heavy atom. The molecule has 0 heterocycles. The molecule has 0 radical (unpaired) electrons. The summed E-state index contributed by atoms with van der Waals surface area (Å²) in [6.45, 7) is 6.67. The molecule has 0 unspecified atom stereocenters. The van der Waals surface area contributed by atoms with Crippen LogP contribution in [0.2, 0.25) is 0 Å². The predicted molar refractivity (Wildman–Crippen MR) is 171 cm³/mol. The Balaban J connectivity index is -0.000000262. The van der Waals surface area contributed by atoms with Crippen molar-refractivity contribution in [1.82, 2.24) is 0 Å². The Hall–Kier alpha value is -0.486. The van der Waals surface area contributed by atoms with Gasteiger partial charge in [0.15, 0.2) is 0 Å². The molecule has 0 aromatic heterocycles. The average molecular weight is 687 g/mol. The molecule has 0 aromatic carbocycles. The minimum absolute atomic E-state index is 0. The molecule has 0 N–H and O–H groups in total. The van der Waals surface area contributed by atoms with Crippen LogP contribution in [-0.4, -0.2) is 17.9 Å². The molecule has 0 aliphatic carbocycles. The fourth-order valence-electron chi connectivity index (χ4n) is 4.74. The standard InChI is InChI=1S/3C12H24O2.Y/c3*1-2-3-4-5-6-7-8-9-10-11-12(13)14;/h3*2-11H2,1H3,(H,13,14);/q;;;+3/p-3. The van der Waals surface area contributed by atoms with Crippen LogP contribution in [0.5, 0.6) is 0 Å². The van der Waals surface area contributed by atoms with E-state index < -0.39 is 17.9 Å². The fourth-order valence-corrected chi connectivity index (χ4v) is 4.74. The second kappa shape index (κ2) is 45.9. The molecule has 0 aliphatic heterocycles. The Morgan fingerprint density at radius 1 is 0.302 bits per heavy atom. The number of hydrogen-bond acceptors (Lipinski definition) is 6. The first-order valence-electron chi connectivity index (χ1n) is 17.9. The van der Waals surface area contributed by atoms with Gasteiger partial charge < -0.3 is 29.7 Å². The molecule has 7 heteroatoms. The van der Waals surface area contributed by atoms with E-state index in [1.807, 2.05) is 0 Å². The van der Waals surface area contributed by atoms with Crippen LogP contribution >= 0.6 is 0 Å². The predicted octanol–water partition coefficient (Wildman–Crippen LogP) is 7.97. The smallest absolute Gasteiger partial charge is 0.550 e. The van der Waals surface area contributed by atoms with Gasteiger partial charge in [-0.25, -0.2) is 0 Å². The SMILES string of the molecule is CCCCCCCCCCCC(=O)[O-].CCCCCCCCCCCC(=O)[O-].CCCCCCCCCCCC(=O)[O-].[Y+3]. The van der Waals surface area contributed by atoms with E-state index in [0.717, 1.165) is 38.5 Å². The van der Waals surface area contributed by atoms with Gasteiger partial charge in [-0.3, -0.25) is 0 Å². The molecule has 0 rings (SSSR count). The average Bonchev–Trinajstić information content (AvgIpc) is 2.95. The van der Waals surface area contributed by atoms with Crippen molar-refractivity contribution < 1.29 is 62.4 Å². The number of unbranched alkanes of at least 4 members (excludes halogenated alkanes) is 24. The van der Waals surface area contributed by atoms with Crippen molar-refractivity contribution in [3.63, 3.8) is 0 Å². The molecule has 0 aromatic rings. The summed E-state index contributed by atoms with van der Waals surface area (Å²) in [6.07, 6.45) is 33.5. The molecule has 0 atom stereocenters. The van der Waals surface area contributed by atoms with E-state index in [1.54, 1.807) is 0 Å². The number of aliphatic carboxylic acids is 3. The second-order valence-electron chi connectivity index (χ2n) is 11.9. The van der Waals surface area contributed by atoms with E-state index in [-0.39, 0.29) is 52.0 Å². The third kappa shape index (κ3) is 61.3. The summed E-state index contributed by atoms with van der Waals surface area (Å²) in [5.74, 6) is -2.73. The molecular formula is C36H69O6Y. The first-order chi connectivity index (χ1) is 20.3. The van der Waals surface area contributed by atoms with Gasteiger partial charge in [0.05, 0.1) is 0 Å². The molecule has 0 aliphatic rings. The normalized spacial score (nSPS) is 10.1. The number of carbonyl (C=O) groups is 3. The molecule has 252 valence electrons. The zero-order valence-corrected chi connectivity index (χ0v) is 31.6. The summed E-state index contributed by atoms with van der Waals surface area (Å²) in [5, 5.41) is 30.3. The van der Waals surface area contributed by atoms with Gasteiger partial charge in [-0.15, -0.1) is 0 Å². The summed E-state index contributed by atoms with van der Waals surface area (Å²) in [6, 6.07) is 0. The minimum Gasteiger partial charge on any atom is -0.550 e. The zero-order chi connectivity index (χ0) is 31.9. The summed E-state index contributed by atoms with van der Waals surface area (Å²) in [4.78, 5) is 30.3. The molecule has 0 bridgehead atoms. The van der Waals surface area contributed by atoms with Gasteiger partial charge in [-0.2, -0.15) is 0 Å². The maximum Gasteiger partial charge on any atom is 3.00 e. The van der Waals surface area contributed by atoms with Crippen LogP contribution in [0.25, 0.3) is 0 Å². The van der Waals surface area contributed by atoms with Crippen LogP contribution < -0.4 is 15.3 Å². The Bertz CT molecular complexity index is 480. The Kier molecular flexibility index (Phi) is 52.8. The van der Waals surface area contributed by atoms with Crippen LogP contribution in [0.1, 0.15) is 213 Å². The number of carboxylic acid groups (broad SMARTS) is 3. The maximum absolute atomic E-state index is 10.1. The zero-order valence-electron chi connectivity index (χ0n) is 28.7. The van der Waals surface area contributed by atoms with Crippen LogP contribution in [0.15, 0.2) is 0 Å². The largest absolute Gasteiger partial charge is 3.00 e. The number of rotatable bonds is 30. The first-order valence-corrected chi connectivity index (χ1v) is 17.9. The van der Waals surface area contributed by atoms with Crippen molar-refractivity contribution in [2.24, 2.45) is 0 Å². The van der Waals surface area contributed by atoms with Crippen molar-refractivity contribution >= 4 is 17.9 Å². The fraction of sp³-hybridized carbons (Fsp3) is 0.917. The molecule has 0 spiro atoms. The van der Waals surface area contributed by atoms with Crippen LogP contribution in [0.4, 0.5) is 0 Å². The first kappa shape index (κ1) is 49.4. The summed E-state index contributed by atoms with van der Waals surface area (Å²) < 4.78 is 0. The molecule has 6 nitrogen and oxygen atoms in total. The maximum atomic E-state index is 10.1. The summed E-state index contributed by atoms with van der Waals surface area (Å²) in [7, 11) is 0. The van der Waals surface area contributed by atoms with Crippen LogP contribution in [0.3, 0.4) is 0 Å². The third-order valence-corrected chi connectivity index (χ3v) is 7.45. The van der Waals surface area contributed by atoms with E-state index in [4.69, 9.17) is 0 Å². The van der Waals surface area contributed by atoms with E-state index in [9.17, 15) is 29.7 Å². The number of carbonyl (C=O) groups excluding carboxylic acids is 3. The van der Waals surface area contributed by atoms with Gasteiger partial charge >= 0.3 is 32.7 Å². The molecule has 0 saturated carbocycles. The second-order valence-corrected chi connectivity index (χ2v) is 11.9. The topological polar surface area (TPSA) is 120 Å². The van der Waals surface area contributed by atoms with E-state index in [0.29, 0.717) is 0 Å². The van der Waals surface area contributed by atoms with Gasteiger partial charge in [0.1, 0.15) is 0 Å². The minimum atomic E-state index is -0.909. The van der Waals surface area contributed by atoms with Crippen molar-refractivity contribution in [3.8, 4) is 0 Å². The van der Waals surface area contributed by atoms with Gasteiger partial charge in [0.25, 0.3) is 0 Å². The van der Waals surface area contributed by atoms with Crippen LogP contribution in [-0.2, 0) is 47.1 Å². The van der Waals surface area contributed by atoms with Crippen molar-refractivity contribution in [2.45, 2.75) is 213 Å². The molecular weight excluding hydrogens is 617 g/mol. The Labute approximate surface area is 292 Å².